The fraction of sp³-hybridized carbons (Fsp3) is 0.571. The van der Waals surface area contributed by atoms with Crippen LogP contribution in [0, 0.1) is 0 Å². The van der Waals surface area contributed by atoms with Gasteiger partial charge < -0.3 is 21.1 Å². The van der Waals surface area contributed by atoms with Gasteiger partial charge in [0.25, 0.3) is 0 Å². The van der Waals surface area contributed by atoms with Crippen molar-refractivity contribution >= 4 is 11.9 Å². The quantitative estimate of drug-likeness (QED) is 0.357. The van der Waals surface area contributed by atoms with Crippen molar-refractivity contribution < 1.29 is 24.9 Å². The number of aliphatic hydroxyl groups is 1. The van der Waals surface area contributed by atoms with Gasteiger partial charge in [0.05, 0.1) is 6.61 Å². The van der Waals surface area contributed by atoms with Gasteiger partial charge in [-0.25, -0.2) is 9.59 Å². The van der Waals surface area contributed by atoms with Gasteiger partial charge in [-0.2, -0.15) is 0 Å². The molecule has 0 aliphatic carbocycles. The van der Waals surface area contributed by atoms with Crippen LogP contribution in [0.2, 0.25) is 0 Å². The lowest BCUT2D eigenvalue weighted by Crippen LogP contribution is -2.02. The van der Waals surface area contributed by atoms with E-state index in [1.165, 1.54) is 0 Å². The van der Waals surface area contributed by atoms with Gasteiger partial charge >= 0.3 is 11.9 Å². The minimum absolute atomic E-state index is 0.0972. The smallest absolute Gasteiger partial charge is 0.330 e. The maximum absolute atomic E-state index is 10.4. The lowest BCUT2D eigenvalue weighted by molar-refractivity contribution is -0.133. The van der Waals surface area contributed by atoms with E-state index in [4.69, 9.17) is 21.1 Å². The Bertz CT molecular complexity index is 294. The summed E-state index contributed by atoms with van der Waals surface area (Å²) in [6.07, 6.45) is 4.33. The van der Waals surface area contributed by atoms with Crippen LogP contribution in [0.3, 0.4) is 0 Å². The van der Waals surface area contributed by atoms with Crippen LogP contribution in [0.15, 0.2) is 24.3 Å². The first-order valence-corrected chi connectivity index (χ1v) is 6.49. The number of hydrogen-bond donors (Lipinski definition) is 4. The molecule has 0 aromatic carbocycles. The molecule has 0 heterocycles. The van der Waals surface area contributed by atoms with Crippen LogP contribution in [0.25, 0.3) is 0 Å². The Kier molecular flexibility index (Phi) is 14.2. The van der Waals surface area contributed by atoms with Gasteiger partial charge in [-0.3, -0.25) is 0 Å². The lowest BCUT2D eigenvalue weighted by atomic mass is 10.0. The average Bonchev–Trinajstić information content (AvgIpc) is 2.41. The van der Waals surface area contributed by atoms with E-state index in [0.29, 0.717) is 19.4 Å². The average molecular weight is 287 g/mol. The number of nitrogens with two attached hydrogens (primary N) is 1. The molecule has 0 aliphatic heterocycles. The monoisotopic (exact) mass is 287 g/mol. The van der Waals surface area contributed by atoms with Gasteiger partial charge in [-0.05, 0) is 25.7 Å². The second kappa shape index (κ2) is 13.8. The van der Waals surface area contributed by atoms with Crippen LogP contribution in [-0.2, 0) is 9.59 Å². The summed E-state index contributed by atoms with van der Waals surface area (Å²) in [4.78, 5) is 20.8. The predicted octanol–water partition coefficient (Wildman–Crippen LogP) is 1.55. The van der Waals surface area contributed by atoms with Crippen molar-refractivity contribution in [2.45, 2.75) is 38.5 Å². The molecule has 0 spiro atoms. The van der Waals surface area contributed by atoms with Crippen LogP contribution in [0.1, 0.15) is 38.5 Å². The number of carbonyl (C=O) groups is 2. The Morgan fingerprint density at radius 3 is 1.35 bits per heavy atom. The van der Waals surface area contributed by atoms with E-state index in [0.717, 1.165) is 25.7 Å². The zero-order valence-electron chi connectivity index (χ0n) is 11.8. The molecule has 0 aromatic heterocycles. The zero-order chi connectivity index (χ0) is 16.0. The maximum atomic E-state index is 10.4. The number of aliphatic carboxylic acids is 2. The normalized spacial score (nSPS) is 9.30. The van der Waals surface area contributed by atoms with Crippen molar-refractivity contribution in [3.63, 3.8) is 0 Å². The minimum Gasteiger partial charge on any atom is -0.478 e. The van der Waals surface area contributed by atoms with Crippen molar-refractivity contribution in [1.29, 1.82) is 0 Å². The fourth-order valence-corrected chi connectivity index (χ4v) is 1.24. The number of carboxylic acids is 2. The highest BCUT2D eigenvalue weighted by atomic mass is 16.4. The maximum Gasteiger partial charge on any atom is 0.330 e. The standard InChI is InChI=1S/C12H18O4.C2H7NO/c1-9(11(13)14)7-5-3-4-6-8-10(2)12(15)16;3-1-2-4/h1-8H2,(H,13,14)(H,15,16);4H,1-3H2. The summed E-state index contributed by atoms with van der Waals surface area (Å²) in [6, 6.07) is 0. The zero-order valence-corrected chi connectivity index (χ0v) is 11.8. The van der Waals surface area contributed by atoms with Crippen molar-refractivity contribution in [3.05, 3.63) is 24.3 Å². The van der Waals surface area contributed by atoms with Gasteiger partial charge in [0.2, 0.25) is 0 Å². The van der Waals surface area contributed by atoms with Gasteiger partial charge in [0.1, 0.15) is 0 Å². The fourth-order valence-electron chi connectivity index (χ4n) is 1.24. The van der Waals surface area contributed by atoms with E-state index in [9.17, 15) is 9.59 Å². The van der Waals surface area contributed by atoms with Crippen LogP contribution in [-0.4, -0.2) is 40.4 Å². The van der Waals surface area contributed by atoms with E-state index in [1.54, 1.807) is 0 Å². The summed E-state index contributed by atoms with van der Waals surface area (Å²) in [5, 5.41) is 24.8. The highest BCUT2D eigenvalue weighted by Gasteiger charge is 2.04. The third-order valence-electron chi connectivity index (χ3n) is 2.44. The molecule has 0 bridgehead atoms. The van der Waals surface area contributed by atoms with Crippen molar-refractivity contribution in [1.82, 2.24) is 0 Å². The molecule has 0 unspecified atom stereocenters. The van der Waals surface area contributed by atoms with Crippen LogP contribution >= 0.6 is 0 Å². The molecule has 0 atom stereocenters. The number of aliphatic hydroxyl groups excluding tert-OH is 1. The third-order valence-corrected chi connectivity index (χ3v) is 2.44. The highest BCUT2D eigenvalue weighted by molar-refractivity contribution is 5.86. The molecule has 5 N–H and O–H groups in total. The molecule has 6 heteroatoms. The first-order chi connectivity index (χ1) is 9.36. The van der Waals surface area contributed by atoms with Gasteiger partial charge in [-0.1, -0.05) is 26.0 Å². The largest absolute Gasteiger partial charge is 0.478 e. The molecule has 0 radical (unpaired) electrons. The molecule has 0 aromatic rings. The van der Waals surface area contributed by atoms with E-state index in [-0.39, 0.29) is 17.8 Å². The summed E-state index contributed by atoms with van der Waals surface area (Å²) < 4.78 is 0. The summed E-state index contributed by atoms with van der Waals surface area (Å²) >= 11 is 0. The lowest BCUT2D eigenvalue weighted by Gasteiger charge is -2.02. The summed E-state index contributed by atoms with van der Waals surface area (Å²) in [7, 11) is 0. The summed E-state index contributed by atoms with van der Waals surface area (Å²) in [6.45, 7) is 7.34. The van der Waals surface area contributed by atoms with Gasteiger partial charge in [0.15, 0.2) is 0 Å². The Hall–Kier alpha value is -1.66. The molecule has 0 saturated heterocycles. The highest BCUT2D eigenvalue weighted by Crippen LogP contribution is 2.12. The van der Waals surface area contributed by atoms with Crippen molar-refractivity contribution in [2.75, 3.05) is 13.2 Å². The molecule has 116 valence electrons. The molecular formula is C14H25NO5. The Balaban J connectivity index is 0. The predicted molar refractivity (Wildman–Crippen MR) is 77.4 cm³/mol. The molecular weight excluding hydrogens is 262 g/mol. The molecule has 0 saturated carbocycles. The molecule has 20 heavy (non-hydrogen) atoms. The second-order valence-corrected chi connectivity index (χ2v) is 4.24. The first-order valence-electron chi connectivity index (χ1n) is 6.49. The van der Waals surface area contributed by atoms with Crippen molar-refractivity contribution in [2.24, 2.45) is 5.73 Å². The molecule has 0 aliphatic rings. The number of carboxylic acid groups (broad SMARTS) is 2. The van der Waals surface area contributed by atoms with E-state index in [2.05, 4.69) is 13.2 Å². The van der Waals surface area contributed by atoms with Crippen LogP contribution in [0.5, 0.6) is 0 Å². The number of hydrogen-bond acceptors (Lipinski definition) is 4. The first kappa shape index (κ1) is 20.7. The topological polar surface area (TPSA) is 121 Å². The Labute approximate surface area is 119 Å². The molecule has 0 rings (SSSR count). The number of unbranched alkanes of at least 4 members (excludes halogenated alkanes) is 3. The molecule has 0 amide bonds. The SMILES string of the molecule is C=C(CCCCCCC(=C)C(=O)O)C(=O)O.NCCO. The van der Waals surface area contributed by atoms with E-state index < -0.39 is 11.9 Å². The van der Waals surface area contributed by atoms with Crippen molar-refractivity contribution in [3.8, 4) is 0 Å². The molecule has 0 fully saturated rings. The van der Waals surface area contributed by atoms with Gasteiger partial charge in [-0.15, -0.1) is 0 Å². The minimum atomic E-state index is -0.945. The van der Waals surface area contributed by atoms with E-state index >= 15 is 0 Å². The Morgan fingerprint density at radius 1 is 0.850 bits per heavy atom. The second-order valence-electron chi connectivity index (χ2n) is 4.24. The van der Waals surface area contributed by atoms with Crippen LogP contribution in [0.4, 0.5) is 0 Å². The van der Waals surface area contributed by atoms with Crippen LogP contribution < -0.4 is 5.73 Å². The van der Waals surface area contributed by atoms with Gasteiger partial charge in [0, 0.05) is 17.7 Å². The molecule has 6 nitrogen and oxygen atoms in total. The Morgan fingerprint density at radius 2 is 1.15 bits per heavy atom. The summed E-state index contributed by atoms with van der Waals surface area (Å²) in [5.41, 5.74) is 5.24. The summed E-state index contributed by atoms with van der Waals surface area (Å²) in [5.74, 6) is -1.89. The number of rotatable bonds is 10. The van der Waals surface area contributed by atoms with E-state index in [1.807, 2.05) is 0 Å². The third kappa shape index (κ3) is 14.4.